The summed E-state index contributed by atoms with van der Waals surface area (Å²) in [4.78, 5) is 15.3. The molecule has 0 saturated heterocycles. The SMILES string of the molecule is Cc1sc(C(=O)O)cc1S(=O)(=O)NCc1ccccn1. The summed E-state index contributed by atoms with van der Waals surface area (Å²) in [5.41, 5.74) is 0.586. The van der Waals surface area contributed by atoms with Crippen molar-refractivity contribution in [3.63, 3.8) is 0 Å². The predicted octanol–water partition coefficient (Wildman–Crippen LogP) is 1.63. The number of aryl methyl sites for hydroxylation is 1. The standard InChI is InChI=1S/C12H12N2O4S2/c1-8-11(6-10(19-8)12(15)16)20(17,18)14-7-9-4-2-3-5-13-9/h2-6,14H,7H2,1H3,(H,15,16). The summed E-state index contributed by atoms with van der Waals surface area (Å²) in [6.07, 6.45) is 1.57. The second kappa shape index (κ2) is 5.70. The fourth-order valence-electron chi connectivity index (χ4n) is 1.59. The van der Waals surface area contributed by atoms with Crippen LogP contribution in [0.1, 0.15) is 20.2 Å². The van der Waals surface area contributed by atoms with Crippen LogP contribution in [0.3, 0.4) is 0 Å². The Bertz CT molecular complexity index is 723. The molecule has 2 heterocycles. The number of aromatic carboxylic acids is 1. The number of aromatic nitrogens is 1. The highest BCUT2D eigenvalue weighted by molar-refractivity contribution is 7.89. The molecule has 106 valence electrons. The number of sulfonamides is 1. The van der Waals surface area contributed by atoms with E-state index in [-0.39, 0.29) is 16.3 Å². The predicted molar refractivity (Wildman–Crippen MR) is 74.3 cm³/mol. The largest absolute Gasteiger partial charge is 0.477 e. The molecule has 0 aliphatic rings. The minimum atomic E-state index is -3.74. The van der Waals surface area contributed by atoms with Crippen LogP contribution in [0.25, 0.3) is 0 Å². The van der Waals surface area contributed by atoms with Crippen molar-refractivity contribution in [3.05, 3.63) is 45.9 Å². The van der Waals surface area contributed by atoms with Gasteiger partial charge in [0.2, 0.25) is 10.0 Å². The molecule has 0 atom stereocenters. The highest BCUT2D eigenvalue weighted by Gasteiger charge is 2.21. The van der Waals surface area contributed by atoms with E-state index in [1.54, 1.807) is 31.3 Å². The third-order valence-electron chi connectivity index (χ3n) is 2.54. The number of carbonyl (C=O) groups is 1. The van der Waals surface area contributed by atoms with Gasteiger partial charge in [-0.05, 0) is 25.1 Å². The maximum Gasteiger partial charge on any atom is 0.345 e. The quantitative estimate of drug-likeness (QED) is 0.874. The molecule has 0 bridgehead atoms. The highest BCUT2D eigenvalue weighted by atomic mass is 32.2. The molecule has 0 spiro atoms. The zero-order chi connectivity index (χ0) is 14.8. The molecule has 0 fully saturated rings. The maximum atomic E-state index is 12.1. The molecule has 20 heavy (non-hydrogen) atoms. The van der Waals surface area contributed by atoms with E-state index in [0.717, 1.165) is 11.3 Å². The molecular formula is C12H12N2O4S2. The lowest BCUT2D eigenvalue weighted by atomic mass is 10.4. The van der Waals surface area contributed by atoms with Gasteiger partial charge in [0.05, 0.1) is 17.1 Å². The fourth-order valence-corrected chi connectivity index (χ4v) is 4.01. The van der Waals surface area contributed by atoms with Crippen LogP contribution in [0, 0.1) is 6.92 Å². The van der Waals surface area contributed by atoms with Crippen LogP contribution in [0.5, 0.6) is 0 Å². The summed E-state index contributed by atoms with van der Waals surface area (Å²) in [5, 5.41) is 8.88. The van der Waals surface area contributed by atoms with Crippen LogP contribution in [0.2, 0.25) is 0 Å². The van der Waals surface area contributed by atoms with Gasteiger partial charge in [0.1, 0.15) is 4.88 Å². The molecule has 0 radical (unpaired) electrons. The fraction of sp³-hybridized carbons (Fsp3) is 0.167. The Morgan fingerprint density at radius 3 is 2.75 bits per heavy atom. The Kier molecular flexibility index (Phi) is 4.17. The molecule has 8 heteroatoms. The summed E-state index contributed by atoms with van der Waals surface area (Å²) in [7, 11) is -3.74. The van der Waals surface area contributed by atoms with Crippen molar-refractivity contribution in [3.8, 4) is 0 Å². The van der Waals surface area contributed by atoms with Crippen molar-refractivity contribution < 1.29 is 18.3 Å². The lowest BCUT2D eigenvalue weighted by Gasteiger charge is -2.05. The van der Waals surface area contributed by atoms with Gasteiger partial charge in [-0.3, -0.25) is 4.98 Å². The van der Waals surface area contributed by atoms with Crippen molar-refractivity contribution in [1.29, 1.82) is 0 Å². The van der Waals surface area contributed by atoms with E-state index in [2.05, 4.69) is 9.71 Å². The van der Waals surface area contributed by atoms with Crippen molar-refractivity contribution >= 4 is 27.3 Å². The van der Waals surface area contributed by atoms with E-state index < -0.39 is 16.0 Å². The van der Waals surface area contributed by atoms with E-state index in [1.807, 2.05) is 0 Å². The number of thiophene rings is 1. The Labute approximate surface area is 120 Å². The average molecular weight is 312 g/mol. The van der Waals surface area contributed by atoms with Crippen LogP contribution >= 0.6 is 11.3 Å². The smallest absolute Gasteiger partial charge is 0.345 e. The molecule has 0 saturated carbocycles. The van der Waals surface area contributed by atoms with Crippen molar-refractivity contribution in [2.75, 3.05) is 0 Å². The number of rotatable bonds is 5. The van der Waals surface area contributed by atoms with Crippen LogP contribution < -0.4 is 4.72 Å². The first-order valence-electron chi connectivity index (χ1n) is 5.63. The number of carboxylic acid groups (broad SMARTS) is 1. The number of carboxylic acids is 1. The van der Waals surface area contributed by atoms with Crippen molar-refractivity contribution in [2.24, 2.45) is 0 Å². The number of hydrogen-bond donors (Lipinski definition) is 2. The van der Waals surface area contributed by atoms with Gasteiger partial charge in [-0.15, -0.1) is 11.3 Å². The van der Waals surface area contributed by atoms with Crippen molar-refractivity contribution in [2.45, 2.75) is 18.4 Å². The topological polar surface area (TPSA) is 96.4 Å². The molecule has 0 aliphatic carbocycles. The van der Waals surface area contributed by atoms with Gasteiger partial charge < -0.3 is 5.11 Å². The Hall–Kier alpha value is -1.77. The third kappa shape index (κ3) is 3.21. The Morgan fingerprint density at radius 2 is 2.20 bits per heavy atom. The maximum absolute atomic E-state index is 12.1. The second-order valence-corrected chi connectivity index (χ2v) is 6.97. The number of hydrogen-bond acceptors (Lipinski definition) is 5. The first-order valence-corrected chi connectivity index (χ1v) is 7.93. The van der Waals surface area contributed by atoms with Gasteiger partial charge in [0.25, 0.3) is 0 Å². The van der Waals surface area contributed by atoms with Crippen LogP contribution in [0.15, 0.2) is 35.4 Å². The second-order valence-electron chi connectivity index (χ2n) is 3.98. The Balaban J connectivity index is 2.20. The van der Waals surface area contributed by atoms with Crippen LogP contribution in [0.4, 0.5) is 0 Å². The van der Waals surface area contributed by atoms with Crippen molar-refractivity contribution in [1.82, 2.24) is 9.71 Å². The lowest BCUT2D eigenvalue weighted by Crippen LogP contribution is -2.23. The minimum Gasteiger partial charge on any atom is -0.477 e. The van der Waals surface area contributed by atoms with Gasteiger partial charge >= 0.3 is 5.97 Å². The first kappa shape index (κ1) is 14.6. The molecule has 2 aromatic rings. The molecule has 2 rings (SSSR count). The zero-order valence-electron chi connectivity index (χ0n) is 10.5. The molecule has 0 unspecified atom stereocenters. The van der Waals surface area contributed by atoms with E-state index in [1.165, 1.54) is 6.07 Å². The zero-order valence-corrected chi connectivity index (χ0v) is 12.2. The summed E-state index contributed by atoms with van der Waals surface area (Å²) in [6, 6.07) is 6.37. The molecule has 0 amide bonds. The minimum absolute atomic E-state index is 0.000658. The summed E-state index contributed by atoms with van der Waals surface area (Å²) in [6.45, 7) is 1.63. The average Bonchev–Trinajstić information content (AvgIpc) is 2.81. The van der Waals surface area contributed by atoms with E-state index >= 15 is 0 Å². The Morgan fingerprint density at radius 1 is 1.45 bits per heavy atom. The number of nitrogens with zero attached hydrogens (tertiary/aromatic N) is 1. The monoisotopic (exact) mass is 312 g/mol. The summed E-state index contributed by atoms with van der Waals surface area (Å²) in [5.74, 6) is -1.13. The number of pyridine rings is 1. The molecular weight excluding hydrogens is 300 g/mol. The molecule has 0 aromatic carbocycles. The normalized spacial score (nSPS) is 11.4. The molecule has 2 N–H and O–H groups in total. The van der Waals surface area contributed by atoms with Gasteiger partial charge in [-0.25, -0.2) is 17.9 Å². The molecule has 2 aromatic heterocycles. The summed E-state index contributed by atoms with van der Waals surface area (Å²) < 4.78 is 26.7. The number of nitrogens with one attached hydrogen (secondary N) is 1. The lowest BCUT2D eigenvalue weighted by molar-refractivity contribution is 0.0702. The van der Waals surface area contributed by atoms with Gasteiger partial charge in [-0.2, -0.15) is 0 Å². The van der Waals surface area contributed by atoms with E-state index in [4.69, 9.17) is 5.11 Å². The van der Waals surface area contributed by atoms with Crippen LogP contribution in [-0.4, -0.2) is 24.5 Å². The van der Waals surface area contributed by atoms with Gasteiger partial charge in [0.15, 0.2) is 0 Å². The highest BCUT2D eigenvalue weighted by Crippen LogP contribution is 2.25. The first-order chi connectivity index (χ1) is 9.40. The third-order valence-corrected chi connectivity index (χ3v) is 5.24. The molecule has 6 nitrogen and oxygen atoms in total. The van der Waals surface area contributed by atoms with E-state index in [0.29, 0.717) is 10.6 Å². The van der Waals surface area contributed by atoms with Gasteiger partial charge in [0, 0.05) is 11.1 Å². The van der Waals surface area contributed by atoms with Crippen LogP contribution in [-0.2, 0) is 16.6 Å². The summed E-state index contributed by atoms with van der Waals surface area (Å²) >= 11 is 0.937. The van der Waals surface area contributed by atoms with E-state index in [9.17, 15) is 13.2 Å². The van der Waals surface area contributed by atoms with Gasteiger partial charge in [-0.1, -0.05) is 6.07 Å². The molecule has 0 aliphatic heterocycles.